The minimum atomic E-state index is -4.30. The molecule has 2 aromatic heterocycles. The number of aryl methyl sites for hydroxylation is 5. The number of aromatic nitrogens is 2. The number of hydrogen-bond acceptors (Lipinski definition) is 3. The molecule has 6 rings (SSSR count). The molecule has 0 aliphatic rings. The first-order valence-corrected chi connectivity index (χ1v) is 24.8. The topological polar surface area (TPSA) is 49.6 Å². The lowest BCUT2D eigenvalue weighted by Gasteiger charge is -2.13. The maximum Gasteiger partial charge on any atom is 0.418 e. The Morgan fingerprint density at radius 3 is 1.15 bits per heavy atom. The van der Waals surface area contributed by atoms with Crippen molar-refractivity contribution in [3.05, 3.63) is 197 Å². The van der Waals surface area contributed by atoms with Crippen LogP contribution in [0.25, 0.3) is 0 Å². The van der Waals surface area contributed by atoms with Crippen molar-refractivity contribution >= 4 is 23.2 Å². The second-order valence-electron chi connectivity index (χ2n) is 19.5. The number of rotatable bonds is 6. The summed E-state index contributed by atoms with van der Waals surface area (Å²) in [6.45, 7) is 33.0. The molecule has 0 atom stereocenters. The standard InChI is InChI=1S/C11H13F3.C10H13Cl.C10H12F3N.C10H13F.C10H11N.C9H12ClN.CH4/c1-7(2)9-5-4-8(3)10(6-9)11(12,13)14;1-7(2)9-5-4-8(3)10(11)6-9;1-6(2)8-4-9(10(11,12)13)7(3)14-5-8;1-7(2)9-5-4-8(3)10(11)6-9;1-8(2)10-5-3-9(7-11)4-6-10;1-6(2)8-4-9(10)7(3)11-5-8;/h4-7H,1-3H3;4-7H,1-3H3;4-6H,1-3H3;4-7H,1-3H3;3-6,8H,1-2H3;4-6H,1-3H3;1H4. The minimum absolute atomic E-state index is 0. The van der Waals surface area contributed by atoms with Crippen LogP contribution in [0, 0.1) is 51.8 Å². The molecule has 0 aliphatic heterocycles. The van der Waals surface area contributed by atoms with Crippen molar-refractivity contribution in [1.82, 2.24) is 9.97 Å². The fraction of sp³-hybridized carbons (Fsp3) is 0.426. The van der Waals surface area contributed by atoms with Gasteiger partial charge in [-0.3, -0.25) is 9.97 Å². The van der Waals surface area contributed by atoms with Crippen molar-refractivity contribution in [3.63, 3.8) is 0 Å². The van der Waals surface area contributed by atoms with E-state index in [9.17, 15) is 30.7 Å². The molecule has 0 unspecified atom stereocenters. The van der Waals surface area contributed by atoms with Gasteiger partial charge in [0.25, 0.3) is 0 Å². The van der Waals surface area contributed by atoms with Crippen LogP contribution in [0.4, 0.5) is 30.7 Å². The molecule has 0 aliphatic carbocycles. The number of nitriles is 1. The Morgan fingerprint density at radius 2 is 0.767 bits per heavy atom. The van der Waals surface area contributed by atoms with E-state index >= 15 is 0 Å². The van der Waals surface area contributed by atoms with Crippen molar-refractivity contribution < 1.29 is 30.7 Å². The third-order valence-electron chi connectivity index (χ3n) is 11.5. The van der Waals surface area contributed by atoms with Crippen LogP contribution in [-0.2, 0) is 12.4 Å². The highest BCUT2D eigenvalue weighted by atomic mass is 35.5. The number of nitrogens with zero attached hydrogens (tertiary/aromatic N) is 3. The summed E-state index contributed by atoms with van der Waals surface area (Å²) in [6.07, 6.45) is -5.17. The number of halogens is 9. The highest BCUT2D eigenvalue weighted by Gasteiger charge is 2.34. The largest absolute Gasteiger partial charge is 0.418 e. The molecule has 0 fully saturated rings. The Kier molecular flexibility index (Phi) is 29.2. The zero-order chi connectivity index (χ0) is 55.4. The Bertz CT molecular complexity index is 2420. The highest BCUT2D eigenvalue weighted by molar-refractivity contribution is 6.31. The van der Waals surface area contributed by atoms with Gasteiger partial charge in [0.15, 0.2) is 0 Å². The van der Waals surface area contributed by atoms with E-state index in [0.717, 1.165) is 43.6 Å². The van der Waals surface area contributed by atoms with Gasteiger partial charge in [-0.2, -0.15) is 31.6 Å². The number of benzene rings is 4. The van der Waals surface area contributed by atoms with Gasteiger partial charge in [0.2, 0.25) is 0 Å². The Hall–Kier alpha value is -5.24. The third-order valence-corrected chi connectivity index (χ3v) is 12.2. The lowest BCUT2D eigenvalue weighted by atomic mass is 9.98. The number of alkyl halides is 6. The van der Waals surface area contributed by atoms with E-state index in [2.05, 4.69) is 83.6 Å². The summed E-state index contributed by atoms with van der Waals surface area (Å²) in [5.41, 5.74) is 8.83. The van der Waals surface area contributed by atoms with Gasteiger partial charge in [-0.25, -0.2) is 4.39 Å². The molecule has 6 aromatic rings. The molecule has 0 saturated carbocycles. The van der Waals surface area contributed by atoms with Gasteiger partial charge in [0.1, 0.15) is 5.82 Å². The summed E-state index contributed by atoms with van der Waals surface area (Å²) in [5, 5.41) is 10.1. The average molecular weight is 1060 g/mol. The summed E-state index contributed by atoms with van der Waals surface area (Å²) >= 11 is 11.9. The molecule has 400 valence electrons. The first kappa shape index (κ1) is 67.8. The fourth-order valence-corrected chi connectivity index (χ4v) is 6.54. The Balaban J connectivity index is 0.000000853. The lowest BCUT2D eigenvalue weighted by molar-refractivity contribution is -0.139. The van der Waals surface area contributed by atoms with Crippen molar-refractivity contribution in [2.24, 2.45) is 0 Å². The molecule has 0 radical (unpaired) electrons. The molecule has 4 aromatic carbocycles. The van der Waals surface area contributed by atoms with Crippen LogP contribution in [-0.4, -0.2) is 9.97 Å². The molecule has 0 bridgehead atoms. The molecule has 0 spiro atoms. The highest BCUT2D eigenvalue weighted by Crippen LogP contribution is 2.34. The maximum atomic E-state index is 12.9. The summed E-state index contributed by atoms with van der Waals surface area (Å²) in [7, 11) is 0. The van der Waals surface area contributed by atoms with Crippen LogP contribution in [0.5, 0.6) is 0 Å². The molecule has 0 amide bonds. The molecular weight excluding hydrogens is 979 g/mol. The second kappa shape index (κ2) is 31.5. The van der Waals surface area contributed by atoms with E-state index in [1.165, 1.54) is 54.9 Å². The monoisotopic (exact) mass is 1060 g/mol. The van der Waals surface area contributed by atoms with Crippen LogP contribution in [0.1, 0.15) is 204 Å². The maximum absolute atomic E-state index is 12.9. The molecule has 12 heteroatoms. The SMILES string of the molecule is C.CC(C)c1ccc(C#N)cc1.Cc1ccc(C(C)C)cc1C(F)(F)F.Cc1ccc(C(C)C)cc1Cl.Cc1ccc(C(C)C)cc1F.Cc1ncc(C(C)C)cc1C(F)(F)F.Cc1ncc(C(C)C)cc1Cl. The average Bonchev–Trinajstić information content (AvgIpc) is 3.29. The van der Waals surface area contributed by atoms with E-state index in [1.807, 2.05) is 96.3 Å². The molecule has 2 heterocycles. The van der Waals surface area contributed by atoms with Crippen LogP contribution >= 0.6 is 23.2 Å². The molecule has 0 N–H and O–H groups in total. The third kappa shape index (κ3) is 24.1. The van der Waals surface area contributed by atoms with Crippen LogP contribution in [0.2, 0.25) is 10.0 Å². The quantitative estimate of drug-likeness (QED) is 0.156. The van der Waals surface area contributed by atoms with E-state index in [1.54, 1.807) is 19.1 Å². The van der Waals surface area contributed by atoms with Crippen molar-refractivity contribution in [2.75, 3.05) is 0 Å². The van der Waals surface area contributed by atoms with Crippen molar-refractivity contribution in [3.8, 4) is 6.07 Å². The van der Waals surface area contributed by atoms with Crippen molar-refractivity contribution in [2.45, 2.75) is 173 Å². The van der Waals surface area contributed by atoms with Crippen LogP contribution in [0.3, 0.4) is 0 Å². The first-order valence-electron chi connectivity index (χ1n) is 24.1. The van der Waals surface area contributed by atoms with E-state index < -0.39 is 23.5 Å². The van der Waals surface area contributed by atoms with Gasteiger partial charge in [0, 0.05) is 23.1 Å². The predicted octanol–water partition coefficient (Wildman–Crippen LogP) is 21.2. The number of pyridine rings is 2. The summed E-state index contributed by atoms with van der Waals surface area (Å²) in [6, 6.07) is 29.1. The van der Waals surface area contributed by atoms with Gasteiger partial charge >= 0.3 is 12.4 Å². The van der Waals surface area contributed by atoms with Gasteiger partial charge in [-0.15, -0.1) is 0 Å². The summed E-state index contributed by atoms with van der Waals surface area (Å²) in [4.78, 5) is 7.91. The Labute approximate surface area is 443 Å². The molecule has 73 heavy (non-hydrogen) atoms. The number of hydrogen-bond donors (Lipinski definition) is 0. The van der Waals surface area contributed by atoms with E-state index in [-0.39, 0.29) is 36.3 Å². The summed E-state index contributed by atoms with van der Waals surface area (Å²) in [5.74, 6) is 2.10. The zero-order valence-corrected chi connectivity index (χ0v) is 46.5. The normalized spacial score (nSPS) is 10.9. The summed E-state index contributed by atoms with van der Waals surface area (Å²) < 4.78 is 87.8. The molecule has 3 nitrogen and oxygen atoms in total. The smallest absolute Gasteiger partial charge is 0.261 e. The zero-order valence-electron chi connectivity index (χ0n) is 45.0. The minimum Gasteiger partial charge on any atom is -0.261 e. The molecule has 0 saturated heterocycles. The fourth-order valence-electron chi connectivity index (χ4n) is 6.17. The first-order chi connectivity index (χ1) is 33.2. The second-order valence-corrected chi connectivity index (χ2v) is 20.3. The van der Waals surface area contributed by atoms with E-state index in [0.29, 0.717) is 29.2 Å². The van der Waals surface area contributed by atoms with Gasteiger partial charge in [0.05, 0.1) is 33.5 Å². The lowest BCUT2D eigenvalue weighted by Crippen LogP contribution is -2.10. The van der Waals surface area contributed by atoms with Gasteiger partial charge in [-0.1, -0.05) is 162 Å². The molecular formula is C61H78Cl2F7N3. The van der Waals surface area contributed by atoms with Crippen LogP contribution < -0.4 is 0 Å². The predicted molar refractivity (Wildman–Crippen MR) is 294 cm³/mol. The van der Waals surface area contributed by atoms with Crippen LogP contribution in [0.15, 0.2) is 103 Å². The van der Waals surface area contributed by atoms with Gasteiger partial charge < -0.3 is 0 Å². The van der Waals surface area contributed by atoms with Crippen molar-refractivity contribution in [1.29, 1.82) is 5.26 Å². The van der Waals surface area contributed by atoms with Gasteiger partial charge in [-0.05, 0) is 163 Å². The van der Waals surface area contributed by atoms with E-state index in [4.69, 9.17) is 28.5 Å². The Morgan fingerprint density at radius 1 is 0.425 bits per heavy atom.